The van der Waals surface area contributed by atoms with Gasteiger partial charge in [-0.15, -0.1) is 0 Å². The second-order valence-electron chi connectivity index (χ2n) is 4.78. The SMILES string of the molecule is O=C1OC(c2ccc([N+](=O)[O-])cc2Cl)=N/C1=C\c1ccccc1F. The smallest absolute Gasteiger partial charge is 0.363 e. The summed E-state index contributed by atoms with van der Waals surface area (Å²) in [6.07, 6.45) is 1.25. The van der Waals surface area contributed by atoms with E-state index in [1.165, 1.54) is 36.4 Å². The number of hydrogen-bond acceptors (Lipinski definition) is 5. The van der Waals surface area contributed by atoms with Crippen molar-refractivity contribution >= 4 is 35.2 Å². The summed E-state index contributed by atoms with van der Waals surface area (Å²) in [6.45, 7) is 0. The number of carbonyl (C=O) groups is 1. The van der Waals surface area contributed by atoms with Gasteiger partial charge in [0, 0.05) is 17.7 Å². The van der Waals surface area contributed by atoms with Gasteiger partial charge in [-0.1, -0.05) is 29.8 Å². The third kappa shape index (κ3) is 3.02. The van der Waals surface area contributed by atoms with Gasteiger partial charge >= 0.3 is 5.97 Å². The normalized spacial score (nSPS) is 15.3. The second-order valence-corrected chi connectivity index (χ2v) is 5.19. The molecule has 2 aromatic rings. The summed E-state index contributed by atoms with van der Waals surface area (Å²) in [7, 11) is 0. The Labute approximate surface area is 140 Å². The molecule has 0 saturated carbocycles. The van der Waals surface area contributed by atoms with Crippen molar-refractivity contribution in [1.29, 1.82) is 0 Å². The zero-order valence-electron chi connectivity index (χ0n) is 11.9. The van der Waals surface area contributed by atoms with E-state index in [4.69, 9.17) is 16.3 Å². The minimum atomic E-state index is -0.761. The van der Waals surface area contributed by atoms with Crippen LogP contribution < -0.4 is 0 Å². The first kappa shape index (κ1) is 15.8. The van der Waals surface area contributed by atoms with Crippen molar-refractivity contribution in [2.24, 2.45) is 4.99 Å². The molecule has 0 atom stereocenters. The Kier molecular flexibility index (Phi) is 4.09. The second kappa shape index (κ2) is 6.21. The van der Waals surface area contributed by atoms with Crippen molar-refractivity contribution in [3.63, 3.8) is 0 Å². The van der Waals surface area contributed by atoms with E-state index in [0.29, 0.717) is 0 Å². The zero-order valence-corrected chi connectivity index (χ0v) is 12.7. The number of rotatable bonds is 3. The van der Waals surface area contributed by atoms with Crippen molar-refractivity contribution in [3.8, 4) is 0 Å². The standard InChI is InChI=1S/C16H8ClFN2O4/c17-12-8-10(20(22)23)5-6-11(12)15-19-14(16(21)24-15)7-9-3-1-2-4-13(9)18/h1-8H/b14-7-. The Morgan fingerprint density at radius 3 is 2.67 bits per heavy atom. The maximum absolute atomic E-state index is 13.6. The fourth-order valence-corrected chi connectivity index (χ4v) is 2.31. The molecule has 120 valence electrons. The number of carbonyl (C=O) groups excluding carboxylic acids is 1. The molecule has 0 spiro atoms. The quantitative estimate of drug-likeness (QED) is 0.367. The number of esters is 1. The molecule has 8 heteroatoms. The zero-order chi connectivity index (χ0) is 17.3. The van der Waals surface area contributed by atoms with Crippen LogP contribution in [0.2, 0.25) is 5.02 Å². The molecular weight excluding hydrogens is 339 g/mol. The number of ether oxygens (including phenoxy) is 1. The Balaban J connectivity index is 1.98. The van der Waals surface area contributed by atoms with E-state index in [0.717, 1.165) is 6.07 Å². The van der Waals surface area contributed by atoms with Crippen molar-refractivity contribution in [2.45, 2.75) is 0 Å². The summed E-state index contributed by atoms with van der Waals surface area (Å²) < 4.78 is 18.7. The third-order valence-corrected chi connectivity index (χ3v) is 3.52. The molecule has 24 heavy (non-hydrogen) atoms. The molecule has 6 nitrogen and oxygen atoms in total. The maximum Gasteiger partial charge on any atom is 0.363 e. The molecule has 0 radical (unpaired) electrons. The Hall–Kier alpha value is -3.06. The lowest BCUT2D eigenvalue weighted by Gasteiger charge is -2.02. The maximum atomic E-state index is 13.6. The highest BCUT2D eigenvalue weighted by Gasteiger charge is 2.26. The summed E-state index contributed by atoms with van der Waals surface area (Å²) in [5.74, 6) is -1.36. The highest BCUT2D eigenvalue weighted by atomic mass is 35.5. The molecule has 0 unspecified atom stereocenters. The lowest BCUT2D eigenvalue weighted by molar-refractivity contribution is -0.384. The van der Waals surface area contributed by atoms with E-state index in [1.807, 2.05) is 0 Å². The summed E-state index contributed by atoms with van der Waals surface area (Å²) in [6, 6.07) is 9.57. The molecule has 0 N–H and O–H groups in total. The molecular formula is C16H8ClFN2O4. The van der Waals surface area contributed by atoms with Crippen LogP contribution in [0.15, 0.2) is 53.2 Å². The molecule has 1 aliphatic rings. The number of non-ortho nitro benzene ring substituents is 1. The highest BCUT2D eigenvalue weighted by molar-refractivity contribution is 6.34. The fraction of sp³-hybridized carbons (Fsp3) is 0. The number of cyclic esters (lactones) is 1. The molecule has 0 fully saturated rings. The van der Waals surface area contributed by atoms with Crippen LogP contribution in [0.4, 0.5) is 10.1 Å². The fourth-order valence-electron chi connectivity index (χ4n) is 2.05. The van der Waals surface area contributed by atoms with E-state index in [2.05, 4.69) is 4.99 Å². The van der Waals surface area contributed by atoms with Gasteiger partial charge in [0.15, 0.2) is 5.70 Å². The predicted octanol–water partition coefficient (Wildman–Crippen LogP) is 3.73. The van der Waals surface area contributed by atoms with Gasteiger partial charge in [0.25, 0.3) is 5.69 Å². The number of nitro benzene ring substituents is 1. The van der Waals surface area contributed by atoms with E-state index in [-0.39, 0.29) is 33.4 Å². The van der Waals surface area contributed by atoms with Gasteiger partial charge in [0.1, 0.15) is 5.82 Å². The Morgan fingerprint density at radius 1 is 1.25 bits per heavy atom. The largest absolute Gasteiger partial charge is 0.402 e. The van der Waals surface area contributed by atoms with Gasteiger partial charge in [0.2, 0.25) is 5.90 Å². The highest BCUT2D eigenvalue weighted by Crippen LogP contribution is 2.27. The summed E-state index contributed by atoms with van der Waals surface area (Å²) in [4.78, 5) is 26.0. The average molecular weight is 347 g/mol. The monoisotopic (exact) mass is 346 g/mol. The molecule has 1 heterocycles. The van der Waals surface area contributed by atoms with Crippen LogP contribution in [-0.4, -0.2) is 16.8 Å². The number of nitrogens with zero attached hydrogens (tertiary/aromatic N) is 2. The third-order valence-electron chi connectivity index (χ3n) is 3.21. The topological polar surface area (TPSA) is 81.8 Å². The number of aliphatic imine (C=N–C) groups is 1. The van der Waals surface area contributed by atoms with Crippen LogP contribution in [-0.2, 0) is 9.53 Å². The van der Waals surface area contributed by atoms with Crippen LogP contribution >= 0.6 is 11.6 Å². The van der Waals surface area contributed by atoms with Crippen LogP contribution in [0.5, 0.6) is 0 Å². The number of nitro groups is 1. The molecule has 0 saturated heterocycles. The van der Waals surface area contributed by atoms with E-state index >= 15 is 0 Å². The minimum Gasteiger partial charge on any atom is -0.402 e. The minimum absolute atomic E-state index is 0.0166. The Morgan fingerprint density at radius 2 is 2.00 bits per heavy atom. The lowest BCUT2D eigenvalue weighted by atomic mass is 10.2. The molecule has 1 aliphatic heterocycles. The van der Waals surface area contributed by atoms with Crippen LogP contribution in [0, 0.1) is 15.9 Å². The predicted molar refractivity (Wildman–Crippen MR) is 85.1 cm³/mol. The summed E-state index contributed by atoms with van der Waals surface area (Å²) in [5.41, 5.74) is 0.122. The first-order chi connectivity index (χ1) is 11.5. The number of benzene rings is 2. The van der Waals surface area contributed by atoms with Crippen LogP contribution in [0.25, 0.3) is 6.08 Å². The van der Waals surface area contributed by atoms with Crippen LogP contribution in [0.1, 0.15) is 11.1 Å². The molecule has 2 aromatic carbocycles. The van der Waals surface area contributed by atoms with Gasteiger partial charge in [-0.25, -0.2) is 14.2 Å². The first-order valence-electron chi connectivity index (χ1n) is 6.67. The molecule has 3 rings (SSSR count). The first-order valence-corrected chi connectivity index (χ1v) is 7.05. The van der Waals surface area contributed by atoms with Crippen molar-refractivity contribution in [3.05, 3.63) is 80.2 Å². The number of hydrogen-bond donors (Lipinski definition) is 0. The lowest BCUT2D eigenvalue weighted by Crippen LogP contribution is -2.06. The van der Waals surface area contributed by atoms with Gasteiger partial charge in [-0.3, -0.25) is 10.1 Å². The van der Waals surface area contributed by atoms with E-state index < -0.39 is 16.7 Å². The van der Waals surface area contributed by atoms with Gasteiger partial charge in [-0.2, -0.15) is 0 Å². The molecule has 0 aromatic heterocycles. The average Bonchev–Trinajstić information content (AvgIpc) is 2.90. The van der Waals surface area contributed by atoms with E-state index in [1.54, 1.807) is 6.07 Å². The molecule has 0 amide bonds. The Bertz CT molecular complexity index is 924. The van der Waals surface area contributed by atoms with Gasteiger partial charge in [0.05, 0.1) is 15.5 Å². The number of halogens is 2. The summed E-state index contributed by atoms with van der Waals surface area (Å²) >= 11 is 5.98. The van der Waals surface area contributed by atoms with Crippen molar-refractivity contribution in [1.82, 2.24) is 0 Å². The molecule has 0 bridgehead atoms. The van der Waals surface area contributed by atoms with Gasteiger partial charge < -0.3 is 4.74 Å². The summed E-state index contributed by atoms with van der Waals surface area (Å²) in [5, 5.41) is 10.7. The van der Waals surface area contributed by atoms with Crippen LogP contribution in [0.3, 0.4) is 0 Å². The van der Waals surface area contributed by atoms with Crippen molar-refractivity contribution < 1.29 is 18.8 Å². The van der Waals surface area contributed by atoms with Gasteiger partial charge in [-0.05, 0) is 18.2 Å². The van der Waals surface area contributed by atoms with E-state index in [9.17, 15) is 19.3 Å². The van der Waals surface area contributed by atoms with Crippen molar-refractivity contribution in [2.75, 3.05) is 0 Å². The molecule has 0 aliphatic carbocycles.